The van der Waals surface area contributed by atoms with Gasteiger partial charge in [0.25, 0.3) is 0 Å². The van der Waals surface area contributed by atoms with E-state index in [9.17, 15) is 10.4 Å². The maximum Gasteiger partial charge on any atom is 0.0976 e. The molecule has 1 N–H and O–H groups in total. The van der Waals surface area contributed by atoms with Crippen molar-refractivity contribution in [2.24, 2.45) is 5.41 Å². The lowest BCUT2D eigenvalue weighted by molar-refractivity contribution is 0.0359. The van der Waals surface area contributed by atoms with Crippen molar-refractivity contribution in [3.63, 3.8) is 0 Å². The van der Waals surface area contributed by atoms with Crippen LogP contribution in [0.15, 0.2) is 22.7 Å². The van der Waals surface area contributed by atoms with Crippen molar-refractivity contribution in [1.29, 1.82) is 5.26 Å². The Balaban J connectivity index is 2.31. The number of nitrogens with zero attached hydrogens (tertiary/aromatic N) is 1. The van der Waals surface area contributed by atoms with Crippen molar-refractivity contribution in [3.8, 4) is 6.07 Å². The zero-order valence-corrected chi connectivity index (χ0v) is 12.2. The predicted octanol–water partition coefficient (Wildman–Crippen LogP) is 4.27. The van der Waals surface area contributed by atoms with E-state index >= 15 is 0 Å². The van der Waals surface area contributed by atoms with Gasteiger partial charge in [-0.3, -0.25) is 0 Å². The molecule has 1 atom stereocenters. The number of rotatable bonds is 2. The molecule has 0 aliphatic heterocycles. The average Bonchev–Trinajstić information content (AvgIpc) is 2.42. The van der Waals surface area contributed by atoms with Gasteiger partial charge in [0.1, 0.15) is 0 Å². The molecule has 1 aromatic rings. The maximum atomic E-state index is 10.6. The zero-order chi connectivity index (χ0) is 13.2. The van der Waals surface area contributed by atoms with E-state index in [2.05, 4.69) is 22.0 Å². The fraction of sp³-hybridized carbons (Fsp3) is 0.533. The molecule has 0 bridgehead atoms. The number of aliphatic hydroxyl groups excluding tert-OH is 1. The standard InChI is InChI=1S/C15H18BrNO/c1-11-5-6-12(9-13(11)16)14(18)15(10-17)7-3-2-4-8-15/h5-6,9,14,18H,2-4,7-8H2,1H3. The van der Waals surface area contributed by atoms with E-state index in [1.165, 1.54) is 6.42 Å². The SMILES string of the molecule is Cc1ccc(C(O)C2(C#N)CCCCC2)cc1Br. The summed E-state index contributed by atoms with van der Waals surface area (Å²) in [6, 6.07) is 8.23. The number of halogens is 1. The minimum Gasteiger partial charge on any atom is -0.387 e. The molecule has 1 aliphatic rings. The highest BCUT2D eigenvalue weighted by Gasteiger charge is 2.40. The van der Waals surface area contributed by atoms with Crippen LogP contribution < -0.4 is 0 Å². The van der Waals surface area contributed by atoms with Crippen LogP contribution in [0.5, 0.6) is 0 Å². The number of nitriles is 1. The third-order valence-corrected chi connectivity index (χ3v) is 4.86. The normalized spacial score (nSPS) is 20.1. The predicted molar refractivity (Wildman–Crippen MR) is 75.0 cm³/mol. The molecule has 2 nitrogen and oxygen atoms in total. The Labute approximate surface area is 117 Å². The second-order valence-corrected chi connectivity index (χ2v) is 6.09. The fourth-order valence-electron chi connectivity index (χ4n) is 2.73. The lowest BCUT2D eigenvalue weighted by Crippen LogP contribution is -2.30. The molecule has 18 heavy (non-hydrogen) atoms. The molecule has 3 heteroatoms. The number of aliphatic hydroxyl groups is 1. The molecule has 0 amide bonds. The first kappa shape index (κ1) is 13.6. The highest BCUT2D eigenvalue weighted by atomic mass is 79.9. The summed E-state index contributed by atoms with van der Waals surface area (Å²) in [6.07, 6.45) is 4.18. The van der Waals surface area contributed by atoms with Gasteiger partial charge in [-0.2, -0.15) is 5.26 Å². The zero-order valence-electron chi connectivity index (χ0n) is 10.6. The molecule has 0 saturated heterocycles. The van der Waals surface area contributed by atoms with Crippen molar-refractivity contribution in [3.05, 3.63) is 33.8 Å². The molecule has 1 fully saturated rings. The van der Waals surface area contributed by atoms with Gasteiger partial charge in [-0.25, -0.2) is 0 Å². The maximum absolute atomic E-state index is 10.6. The van der Waals surface area contributed by atoms with Gasteiger partial charge < -0.3 is 5.11 Å². The lowest BCUT2D eigenvalue weighted by Gasteiger charge is -2.35. The second kappa shape index (κ2) is 5.42. The first-order valence-corrected chi connectivity index (χ1v) is 7.24. The van der Waals surface area contributed by atoms with E-state index in [0.717, 1.165) is 41.3 Å². The fourth-order valence-corrected chi connectivity index (χ4v) is 3.12. The molecular formula is C15H18BrNO. The van der Waals surface area contributed by atoms with E-state index in [1.54, 1.807) is 0 Å². The van der Waals surface area contributed by atoms with Crippen LogP contribution in [0.3, 0.4) is 0 Å². The Morgan fingerprint density at radius 1 is 1.33 bits per heavy atom. The number of benzene rings is 1. The third kappa shape index (κ3) is 2.46. The van der Waals surface area contributed by atoms with Gasteiger partial charge in [0.2, 0.25) is 0 Å². The second-order valence-electron chi connectivity index (χ2n) is 5.24. The van der Waals surface area contributed by atoms with Gasteiger partial charge in [0, 0.05) is 4.47 Å². The molecule has 0 heterocycles. The van der Waals surface area contributed by atoms with Crippen LogP contribution in [0.1, 0.15) is 49.3 Å². The number of aryl methyl sites for hydroxylation is 1. The van der Waals surface area contributed by atoms with Crippen molar-refractivity contribution in [2.45, 2.75) is 45.1 Å². The van der Waals surface area contributed by atoms with E-state index < -0.39 is 11.5 Å². The summed E-state index contributed by atoms with van der Waals surface area (Å²) in [5, 5.41) is 20.0. The van der Waals surface area contributed by atoms with Crippen LogP contribution in [-0.4, -0.2) is 5.11 Å². The minimum absolute atomic E-state index is 0.590. The van der Waals surface area contributed by atoms with Crippen molar-refractivity contribution >= 4 is 15.9 Å². The van der Waals surface area contributed by atoms with E-state index in [-0.39, 0.29) is 0 Å². The molecule has 0 aromatic heterocycles. The molecular weight excluding hydrogens is 290 g/mol. The van der Waals surface area contributed by atoms with Crippen LogP contribution in [0.4, 0.5) is 0 Å². The molecule has 0 radical (unpaired) electrons. The number of hydrogen-bond acceptors (Lipinski definition) is 2. The van der Waals surface area contributed by atoms with Crippen LogP contribution in [0.2, 0.25) is 0 Å². The monoisotopic (exact) mass is 307 g/mol. The van der Waals surface area contributed by atoms with Crippen LogP contribution >= 0.6 is 15.9 Å². The van der Waals surface area contributed by atoms with Crippen LogP contribution in [-0.2, 0) is 0 Å². The summed E-state index contributed by atoms with van der Waals surface area (Å²) < 4.78 is 0.989. The largest absolute Gasteiger partial charge is 0.387 e. The summed E-state index contributed by atoms with van der Waals surface area (Å²) in [5.41, 5.74) is 1.39. The summed E-state index contributed by atoms with van der Waals surface area (Å²) in [4.78, 5) is 0. The van der Waals surface area contributed by atoms with Gasteiger partial charge in [0.05, 0.1) is 17.6 Å². The van der Waals surface area contributed by atoms with Crippen LogP contribution in [0.25, 0.3) is 0 Å². The van der Waals surface area contributed by atoms with E-state index in [1.807, 2.05) is 25.1 Å². The highest BCUT2D eigenvalue weighted by molar-refractivity contribution is 9.10. The van der Waals surface area contributed by atoms with Crippen molar-refractivity contribution in [2.75, 3.05) is 0 Å². The topological polar surface area (TPSA) is 44.0 Å². The summed E-state index contributed by atoms with van der Waals surface area (Å²) in [6.45, 7) is 2.01. The third-order valence-electron chi connectivity index (χ3n) is 4.00. The summed E-state index contributed by atoms with van der Waals surface area (Å²) in [5.74, 6) is 0. The van der Waals surface area contributed by atoms with E-state index in [0.29, 0.717) is 0 Å². The highest BCUT2D eigenvalue weighted by Crippen LogP contribution is 2.45. The van der Waals surface area contributed by atoms with Gasteiger partial charge in [0.15, 0.2) is 0 Å². The quantitative estimate of drug-likeness (QED) is 0.887. The van der Waals surface area contributed by atoms with Crippen molar-refractivity contribution < 1.29 is 5.11 Å². The lowest BCUT2D eigenvalue weighted by atomic mass is 9.69. The molecule has 1 aliphatic carbocycles. The molecule has 96 valence electrons. The Morgan fingerprint density at radius 2 is 2.00 bits per heavy atom. The minimum atomic E-state index is -0.681. The average molecular weight is 308 g/mol. The Morgan fingerprint density at radius 3 is 2.56 bits per heavy atom. The first-order valence-electron chi connectivity index (χ1n) is 6.44. The molecule has 1 unspecified atom stereocenters. The summed E-state index contributed by atoms with van der Waals surface area (Å²) >= 11 is 3.48. The van der Waals surface area contributed by atoms with E-state index in [4.69, 9.17) is 0 Å². The van der Waals surface area contributed by atoms with Crippen molar-refractivity contribution in [1.82, 2.24) is 0 Å². The van der Waals surface area contributed by atoms with Gasteiger partial charge >= 0.3 is 0 Å². The molecule has 2 rings (SSSR count). The van der Waals surface area contributed by atoms with Crippen LogP contribution in [0, 0.1) is 23.7 Å². The summed E-state index contributed by atoms with van der Waals surface area (Å²) in [7, 11) is 0. The number of hydrogen-bond donors (Lipinski definition) is 1. The first-order chi connectivity index (χ1) is 8.59. The Bertz CT molecular complexity index is 472. The Kier molecular flexibility index (Phi) is 4.09. The molecule has 1 saturated carbocycles. The molecule has 1 aromatic carbocycles. The van der Waals surface area contributed by atoms with Gasteiger partial charge in [-0.1, -0.05) is 47.3 Å². The molecule has 0 spiro atoms. The Hall–Kier alpha value is -0.850. The van der Waals surface area contributed by atoms with Gasteiger partial charge in [-0.05, 0) is 37.0 Å². The van der Waals surface area contributed by atoms with Gasteiger partial charge in [-0.15, -0.1) is 0 Å². The smallest absolute Gasteiger partial charge is 0.0976 e.